The minimum absolute atomic E-state index is 0.368. The van der Waals surface area contributed by atoms with E-state index in [2.05, 4.69) is 23.4 Å². The van der Waals surface area contributed by atoms with Crippen LogP contribution in [0.5, 0.6) is 0 Å². The first-order chi connectivity index (χ1) is 5.70. The third-order valence-electron chi connectivity index (χ3n) is 1.72. The summed E-state index contributed by atoms with van der Waals surface area (Å²) in [7, 11) is 0. The largest absolute Gasteiger partial charge is 0.387 e. The van der Waals surface area contributed by atoms with Gasteiger partial charge in [-0.2, -0.15) is 0 Å². The maximum absolute atomic E-state index is 9.59. The molecule has 1 aromatic heterocycles. The lowest BCUT2D eigenvalue weighted by Crippen LogP contribution is -1.97. The highest BCUT2D eigenvalue weighted by atomic mass is 32.1. The monoisotopic (exact) mass is 186 g/mol. The molecule has 0 aliphatic rings. The molecule has 1 rings (SSSR count). The van der Waals surface area contributed by atoms with Gasteiger partial charge in [-0.05, 0) is 30.3 Å². The SMILES string of the molecule is CC(C)CCC(O)c1cnns1. The van der Waals surface area contributed by atoms with Crippen LogP contribution in [0.25, 0.3) is 0 Å². The first-order valence-electron chi connectivity index (χ1n) is 4.15. The Kier molecular flexibility index (Phi) is 3.62. The Hall–Kier alpha value is -0.480. The van der Waals surface area contributed by atoms with Crippen LogP contribution in [0.15, 0.2) is 6.20 Å². The van der Waals surface area contributed by atoms with Crippen LogP contribution in [0, 0.1) is 5.92 Å². The molecule has 0 amide bonds. The maximum Gasteiger partial charge on any atom is 0.0914 e. The van der Waals surface area contributed by atoms with E-state index in [9.17, 15) is 5.11 Å². The molecule has 1 aromatic rings. The number of aliphatic hydroxyl groups is 1. The van der Waals surface area contributed by atoms with Crippen molar-refractivity contribution in [3.05, 3.63) is 11.1 Å². The average molecular weight is 186 g/mol. The van der Waals surface area contributed by atoms with E-state index in [1.54, 1.807) is 6.20 Å². The van der Waals surface area contributed by atoms with Gasteiger partial charge < -0.3 is 5.11 Å². The minimum Gasteiger partial charge on any atom is -0.387 e. The lowest BCUT2D eigenvalue weighted by atomic mass is 10.0. The summed E-state index contributed by atoms with van der Waals surface area (Å²) < 4.78 is 3.70. The van der Waals surface area contributed by atoms with E-state index in [4.69, 9.17) is 0 Å². The fourth-order valence-electron chi connectivity index (χ4n) is 0.955. The standard InChI is InChI=1S/C8H14N2OS/c1-6(2)3-4-7(11)8-5-9-10-12-8/h5-7,11H,3-4H2,1-2H3. The first kappa shape index (κ1) is 9.61. The Balaban J connectivity index is 2.34. The van der Waals surface area contributed by atoms with E-state index in [0.717, 1.165) is 17.7 Å². The summed E-state index contributed by atoms with van der Waals surface area (Å²) in [6, 6.07) is 0. The molecule has 3 nitrogen and oxygen atoms in total. The number of aromatic nitrogens is 2. The van der Waals surface area contributed by atoms with Crippen molar-refractivity contribution in [2.24, 2.45) is 5.92 Å². The number of hydrogen-bond acceptors (Lipinski definition) is 4. The summed E-state index contributed by atoms with van der Waals surface area (Å²) in [5, 5.41) is 13.3. The molecule has 4 heteroatoms. The lowest BCUT2D eigenvalue weighted by molar-refractivity contribution is 0.162. The molecular formula is C8H14N2OS. The lowest BCUT2D eigenvalue weighted by Gasteiger charge is -2.08. The number of aliphatic hydroxyl groups excluding tert-OH is 1. The fraction of sp³-hybridized carbons (Fsp3) is 0.750. The smallest absolute Gasteiger partial charge is 0.0914 e. The van der Waals surface area contributed by atoms with Crippen LogP contribution in [0.1, 0.15) is 37.7 Å². The molecule has 0 fully saturated rings. The third-order valence-corrected chi connectivity index (χ3v) is 2.49. The molecule has 1 atom stereocenters. The second kappa shape index (κ2) is 4.52. The van der Waals surface area contributed by atoms with E-state index in [1.165, 1.54) is 11.5 Å². The van der Waals surface area contributed by atoms with Crippen molar-refractivity contribution in [1.82, 2.24) is 9.59 Å². The summed E-state index contributed by atoms with van der Waals surface area (Å²) in [6.45, 7) is 4.30. The van der Waals surface area contributed by atoms with Crippen molar-refractivity contribution in [3.63, 3.8) is 0 Å². The molecule has 0 saturated carbocycles. The van der Waals surface area contributed by atoms with E-state index in [-0.39, 0.29) is 6.10 Å². The van der Waals surface area contributed by atoms with Crippen molar-refractivity contribution in [1.29, 1.82) is 0 Å². The zero-order valence-corrected chi connectivity index (χ0v) is 8.21. The van der Waals surface area contributed by atoms with Gasteiger partial charge in [0.25, 0.3) is 0 Å². The number of hydrogen-bond donors (Lipinski definition) is 1. The highest BCUT2D eigenvalue weighted by Gasteiger charge is 2.10. The van der Waals surface area contributed by atoms with Crippen molar-refractivity contribution < 1.29 is 5.11 Å². The Morgan fingerprint density at radius 2 is 2.25 bits per heavy atom. The molecule has 1 unspecified atom stereocenters. The van der Waals surface area contributed by atoms with Crippen LogP contribution in [0.4, 0.5) is 0 Å². The fourth-order valence-corrected chi connectivity index (χ4v) is 1.48. The second-order valence-corrected chi connectivity index (χ2v) is 4.12. The van der Waals surface area contributed by atoms with Gasteiger partial charge in [-0.1, -0.05) is 18.3 Å². The summed E-state index contributed by atoms with van der Waals surface area (Å²) in [5.74, 6) is 0.639. The third kappa shape index (κ3) is 2.87. The summed E-state index contributed by atoms with van der Waals surface area (Å²) in [4.78, 5) is 0.871. The van der Waals surface area contributed by atoms with Gasteiger partial charge in [-0.25, -0.2) is 0 Å². The van der Waals surface area contributed by atoms with Crippen LogP contribution in [-0.4, -0.2) is 14.7 Å². The van der Waals surface area contributed by atoms with Crippen LogP contribution in [-0.2, 0) is 0 Å². The van der Waals surface area contributed by atoms with E-state index >= 15 is 0 Å². The second-order valence-electron chi connectivity index (χ2n) is 3.31. The van der Waals surface area contributed by atoms with Crippen LogP contribution >= 0.6 is 11.5 Å². The predicted molar refractivity (Wildman–Crippen MR) is 48.9 cm³/mol. The molecule has 0 bridgehead atoms. The summed E-state index contributed by atoms with van der Waals surface area (Å²) in [6.07, 6.45) is 3.11. The molecule has 1 N–H and O–H groups in total. The topological polar surface area (TPSA) is 46.0 Å². The highest BCUT2D eigenvalue weighted by Crippen LogP contribution is 2.21. The van der Waals surface area contributed by atoms with Crippen molar-refractivity contribution in [3.8, 4) is 0 Å². The predicted octanol–water partition coefficient (Wildman–Crippen LogP) is 2.01. The van der Waals surface area contributed by atoms with Gasteiger partial charge in [0.05, 0.1) is 17.2 Å². The Bertz CT molecular complexity index is 211. The summed E-state index contributed by atoms with van der Waals surface area (Å²) >= 11 is 1.27. The van der Waals surface area contributed by atoms with Gasteiger partial charge in [0.2, 0.25) is 0 Å². The van der Waals surface area contributed by atoms with Crippen molar-refractivity contribution >= 4 is 11.5 Å². The van der Waals surface area contributed by atoms with Crippen LogP contribution in [0.3, 0.4) is 0 Å². The zero-order valence-electron chi connectivity index (χ0n) is 7.40. The molecule has 68 valence electrons. The van der Waals surface area contributed by atoms with E-state index in [1.807, 2.05) is 0 Å². The van der Waals surface area contributed by atoms with E-state index < -0.39 is 0 Å². The average Bonchev–Trinajstić information content (AvgIpc) is 2.51. The van der Waals surface area contributed by atoms with Gasteiger partial charge in [0, 0.05) is 0 Å². The number of nitrogens with zero attached hydrogens (tertiary/aromatic N) is 2. The maximum atomic E-state index is 9.59. The molecule has 0 aliphatic heterocycles. The van der Waals surface area contributed by atoms with Gasteiger partial charge in [-0.3, -0.25) is 0 Å². The first-order valence-corrected chi connectivity index (χ1v) is 4.93. The molecule has 12 heavy (non-hydrogen) atoms. The van der Waals surface area contributed by atoms with Gasteiger partial charge in [0.1, 0.15) is 0 Å². The van der Waals surface area contributed by atoms with Crippen LogP contribution in [0.2, 0.25) is 0 Å². The molecule has 1 heterocycles. The van der Waals surface area contributed by atoms with Crippen molar-refractivity contribution in [2.75, 3.05) is 0 Å². The van der Waals surface area contributed by atoms with E-state index in [0.29, 0.717) is 5.92 Å². The summed E-state index contributed by atoms with van der Waals surface area (Å²) in [5.41, 5.74) is 0. The normalized spacial score (nSPS) is 13.7. The number of rotatable bonds is 4. The van der Waals surface area contributed by atoms with Gasteiger partial charge >= 0.3 is 0 Å². The Labute approximate surface area is 76.6 Å². The van der Waals surface area contributed by atoms with Gasteiger partial charge in [0.15, 0.2) is 0 Å². The molecule has 0 aliphatic carbocycles. The van der Waals surface area contributed by atoms with Crippen LogP contribution < -0.4 is 0 Å². The zero-order chi connectivity index (χ0) is 8.97. The molecule has 0 saturated heterocycles. The molecule has 0 aromatic carbocycles. The van der Waals surface area contributed by atoms with Gasteiger partial charge in [-0.15, -0.1) is 5.10 Å². The molecule has 0 radical (unpaired) electrons. The minimum atomic E-state index is -0.368. The Morgan fingerprint density at radius 1 is 1.50 bits per heavy atom. The van der Waals surface area contributed by atoms with Crippen molar-refractivity contribution in [2.45, 2.75) is 32.8 Å². The molecule has 0 spiro atoms. The Morgan fingerprint density at radius 3 is 2.75 bits per heavy atom. The highest BCUT2D eigenvalue weighted by molar-refractivity contribution is 7.05. The quantitative estimate of drug-likeness (QED) is 0.782. The molecular weight excluding hydrogens is 172 g/mol.